The molecular formula is C19H15F3O3. The molecule has 0 N–H and O–H groups in total. The molecular weight excluding hydrogens is 333 g/mol. The summed E-state index contributed by atoms with van der Waals surface area (Å²) >= 11 is 0. The standard InChI is InChI=1S/C19H15F3O3/c1-24-17-10-4-14(5-11-17)2-8-16(23)9-3-15-6-12-18(13-7-15)25-19(20,21)22/h2-13H,1H3. The minimum Gasteiger partial charge on any atom is -0.497 e. The second-order valence-electron chi connectivity index (χ2n) is 4.96. The molecule has 0 fully saturated rings. The number of methoxy groups -OCH3 is 1. The van der Waals surface area contributed by atoms with Crippen LogP contribution in [0.1, 0.15) is 11.1 Å². The molecule has 130 valence electrons. The van der Waals surface area contributed by atoms with Crippen LogP contribution < -0.4 is 9.47 Å². The maximum atomic E-state index is 12.1. The van der Waals surface area contributed by atoms with E-state index in [0.29, 0.717) is 5.56 Å². The number of ether oxygens (including phenoxy) is 2. The van der Waals surface area contributed by atoms with Gasteiger partial charge in [-0.2, -0.15) is 0 Å². The van der Waals surface area contributed by atoms with Gasteiger partial charge in [-0.25, -0.2) is 0 Å². The molecule has 0 aromatic heterocycles. The van der Waals surface area contributed by atoms with Crippen LogP contribution in [-0.4, -0.2) is 19.3 Å². The number of halogens is 3. The quantitative estimate of drug-likeness (QED) is 0.697. The van der Waals surface area contributed by atoms with Crippen molar-refractivity contribution in [3.05, 3.63) is 71.8 Å². The van der Waals surface area contributed by atoms with Gasteiger partial charge in [0, 0.05) is 0 Å². The predicted octanol–water partition coefficient (Wildman–Crippen LogP) is 4.89. The Morgan fingerprint density at radius 1 is 0.840 bits per heavy atom. The van der Waals surface area contributed by atoms with Crippen molar-refractivity contribution in [1.29, 1.82) is 0 Å². The molecule has 0 unspecified atom stereocenters. The number of benzene rings is 2. The number of ketones is 1. The van der Waals surface area contributed by atoms with Gasteiger partial charge in [0.15, 0.2) is 5.78 Å². The maximum Gasteiger partial charge on any atom is 0.573 e. The molecule has 25 heavy (non-hydrogen) atoms. The largest absolute Gasteiger partial charge is 0.573 e. The fraction of sp³-hybridized carbons (Fsp3) is 0.105. The van der Waals surface area contributed by atoms with Crippen LogP contribution in [-0.2, 0) is 4.79 Å². The third-order valence-corrected chi connectivity index (χ3v) is 3.11. The van der Waals surface area contributed by atoms with E-state index in [2.05, 4.69) is 4.74 Å². The van der Waals surface area contributed by atoms with Crippen molar-refractivity contribution >= 4 is 17.9 Å². The average Bonchev–Trinajstić information content (AvgIpc) is 2.58. The molecule has 3 nitrogen and oxygen atoms in total. The molecule has 0 atom stereocenters. The molecule has 6 heteroatoms. The molecule has 2 rings (SSSR count). The van der Waals surface area contributed by atoms with Crippen LogP contribution in [0.15, 0.2) is 60.7 Å². The molecule has 0 amide bonds. The predicted molar refractivity (Wildman–Crippen MR) is 89.2 cm³/mol. The van der Waals surface area contributed by atoms with E-state index in [0.717, 1.165) is 11.3 Å². The number of hydrogen-bond acceptors (Lipinski definition) is 3. The second-order valence-corrected chi connectivity index (χ2v) is 4.96. The van der Waals surface area contributed by atoms with Crippen LogP contribution in [0.3, 0.4) is 0 Å². The number of alkyl halides is 3. The third-order valence-electron chi connectivity index (χ3n) is 3.11. The first-order valence-corrected chi connectivity index (χ1v) is 7.26. The molecule has 0 bridgehead atoms. The van der Waals surface area contributed by atoms with Gasteiger partial charge < -0.3 is 9.47 Å². The molecule has 0 saturated heterocycles. The van der Waals surface area contributed by atoms with Crippen molar-refractivity contribution in [2.24, 2.45) is 0 Å². The summed E-state index contributed by atoms with van der Waals surface area (Å²) in [6.07, 6.45) is 1.18. The summed E-state index contributed by atoms with van der Waals surface area (Å²) in [5, 5.41) is 0. The zero-order chi connectivity index (χ0) is 18.3. The number of carbonyl (C=O) groups excluding carboxylic acids is 1. The SMILES string of the molecule is COc1ccc(C=CC(=O)C=Cc2ccc(OC(F)(F)F)cc2)cc1. The van der Waals surface area contributed by atoms with Crippen molar-refractivity contribution in [3.63, 3.8) is 0 Å². The van der Waals surface area contributed by atoms with Crippen molar-refractivity contribution in [1.82, 2.24) is 0 Å². The van der Waals surface area contributed by atoms with Gasteiger partial charge in [0.25, 0.3) is 0 Å². The van der Waals surface area contributed by atoms with Crippen molar-refractivity contribution in [2.75, 3.05) is 7.11 Å². The zero-order valence-corrected chi connectivity index (χ0v) is 13.3. The Hall–Kier alpha value is -3.02. The molecule has 2 aromatic carbocycles. The number of allylic oxidation sites excluding steroid dienone is 2. The van der Waals surface area contributed by atoms with E-state index in [4.69, 9.17) is 4.74 Å². The Bertz CT molecular complexity index is 758. The number of carbonyl (C=O) groups is 1. The van der Waals surface area contributed by atoms with E-state index in [9.17, 15) is 18.0 Å². The van der Waals surface area contributed by atoms with E-state index in [-0.39, 0.29) is 11.5 Å². The summed E-state index contributed by atoms with van der Waals surface area (Å²) in [5.74, 6) is 0.170. The third kappa shape index (κ3) is 6.55. The first-order valence-electron chi connectivity index (χ1n) is 7.26. The van der Waals surface area contributed by atoms with Gasteiger partial charge in [-0.3, -0.25) is 4.79 Å². The lowest BCUT2D eigenvalue weighted by Crippen LogP contribution is -2.16. The molecule has 0 aliphatic heterocycles. The fourth-order valence-corrected chi connectivity index (χ4v) is 1.91. The second kappa shape index (κ2) is 8.19. The van der Waals surface area contributed by atoms with Crippen LogP contribution >= 0.6 is 0 Å². The zero-order valence-electron chi connectivity index (χ0n) is 13.3. The van der Waals surface area contributed by atoms with Crippen molar-refractivity contribution in [3.8, 4) is 11.5 Å². The molecule has 0 saturated carbocycles. The number of rotatable bonds is 6. The Kier molecular flexibility index (Phi) is 6.00. The van der Waals surface area contributed by atoms with Crippen molar-refractivity contribution < 1.29 is 27.4 Å². The van der Waals surface area contributed by atoms with E-state index >= 15 is 0 Å². The summed E-state index contributed by atoms with van der Waals surface area (Å²) < 4.78 is 45.0. The highest BCUT2D eigenvalue weighted by molar-refractivity contribution is 6.04. The molecule has 0 heterocycles. The topological polar surface area (TPSA) is 35.5 Å². The Morgan fingerprint density at radius 2 is 1.28 bits per heavy atom. The van der Waals surface area contributed by atoms with E-state index in [1.807, 2.05) is 12.1 Å². The lowest BCUT2D eigenvalue weighted by atomic mass is 10.1. The van der Waals surface area contributed by atoms with Gasteiger partial charge in [-0.15, -0.1) is 13.2 Å². The lowest BCUT2D eigenvalue weighted by molar-refractivity contribution is -0.274. The van der Waals surface area contributed by atoms with E-state index < -0.39 is 6.36 Å². The summed E-state index contributed by atoms with van der Waals surface area (Å²) in [6.45, 7) is 0. The monoisotopic (exact) mass is 348 g/mol. The Balaban J connectivity index is 1.93. The van der Waals surface area contributed by atoms with Crippen molar-refractivity contribution in [2.45, 2.75) is 6.36 Å². The van der Waals surface area contributed by atoms with Crippen LogP contribution in [0.25, 0.3) is 12.2 Å². The summed E-state index contributed by atoms with van der Waals surface area (Å²) in [7, 11) is 1.57. The summed E-state index contributed by atoms with van der Waals surface area (Å²) in [4.78, 5) is 11.8. The first-order chi connectivity index (χ1) is 11.9. The first kappa shape index (κ1) is 18.3. The van der Waals surface area contributed by atoms with E-state index in [1.165, 1.54) is 42.5 Å². The molecule has 0 spiro atoms. The smallest absolute Gasteiger partial charge is 0.497 e. The molecule has 0 radical (unpaired) electrons. The molecule has 0 aliphatic carbocycles. The normalized spacial score (nSPS) is 11.8. The lowest BCUT2D eigenvalue weighted by Gasteiger charge is -2.08. The highest BCUT2D eigenvalue weighted by Gasteiger charge is 2.30. The summed E-state index contributed by atoms with van der Waals surface area (Å²) in [5.41, 5.74) is 1.43. The highest BCUT2D eigenvalue weighted by Crippen LogP contribution is 2.23. The van der Waals surface area contributed by atoms with Crippen LogP contribution in [0.5, 0.6) is 11.5 Å². The fourth-order valence-electron chi connectivity index (χ4n) is 1.91. The van der Waals surface area contributed by atoms with E-state index in [1.54, 1.807) is 25.3 Å². The van der Waals surface area contributed by atoms with Crippen LogP contribution in [0.2, 0.25) is 0 Å². The van der Waals surface area contributed by atoms with Gasteiger partial charge in [-0.1, -0.05) is 36.4 Å². The maximum absolute atomic E-state index is 12.1. The van der Waals surface area contributed by atoms with Crippen LogP contribution in [0.4, 0.5) is 13.2 Å². The van der Waals surface area contributed by atoms with Crippen LogP contribution in [0, 0.1) is 0 Å². The van der Waals surface area contributed by atoms with Gasteiger partial charge >= 0.3 is 6.36 Å². The minimum atomic E-state index is -4.72. The van der Waals surface area contributed by atoms with Gasteiger partial charge in [0.05, 0.1) is 7.11 Å². The molecule has 2 aromatic rings. The minimum absolute atomic E-state index is 0.244. The Morgan fingerprint density at radius 3 is 1.68 bits per heavy atom. The number of hydrogen-bond donors (Lipinski definition) is 0. The van der Waals surface area contributed by atoms with Gasteiger partial charge in [-0.05, 0) is 47.5 Å². The molecule has 0 aliphatic rings. The average molecular weight is 348 g/mol. The van der Waals surface area contributed by atoms with Gasteiger partial charge in [0.1, 0.15) is 11.5 Å². The summed E-state index contributed by atoms with van der Waals surface area (Å²) in [6, 6.07) is 12.4. The van der Waals surface area contributed by atoms with Gasteiger partial charge in [0.2, 0.25) is 0 Å². The highest BCUT2D eigenvalue weighted by atomic mass is 19.4. The Labute approximate surface area is 143 Å².